The van der Waals surface area contributed by atoms with Crippen LogP contribution in [0.2, 0.25) is 10.0 Å². The van der Waals surface area contributed by atoms with Crippen molar-refractivity contribution in [3.05, 3.63) is 63.6 Å². The molecule has 6 nitrogen and oxygen atoms in total. The first-order valence-corrected chi connectivity index (χ1v) is 10.7. The Morgan fingerprint density at radius 1 is 0.933 bits per heavy atom. The molecule has 0 heterocycles. The van der Waals surface area contributed by atoms with Gasteiger partial charge in [-0.05, 0) is 67.8 Å². The van der Waals surface area contributed by atoms with E-state index < -0.39 is 5.91 Å². The molecule has 160 valence electrons. The maximum atomic E-state index is 12.3. The largest absolute Gasteiger partial charge is 0.351 e. The predicted molar refractivity (Wildman–Crippen MR) is 127 cm³/mol. The van der Waals surface area contributed by atoms with Gasteiger partial charge in [-0.25, -0.2) is 0 Å². The molecule has 2 amide bonds. The van der Waals surface area contributed by atoms with Crippen LogP contribution in [-0.2, 0) is 0 Å². The third kappa shape index (κ3) is 7.57. The highest BCUT2D eigenvalue weighted by atomic mass is 35.5. The van der Waals surface area contributed by atoms with Crippen LogP contribution in [-0.4, -0.2) is 48.0 Å². The standard InChI is InChI=1S/C21H24Cl2N4O2S/c1-3-27(4-2)10-9-24-19(28)14-5-7-18(8-6-14)25-21(30)26-20(29)15-11-16(22)13-17(23)12-15/h5-8,11-13H,3-4,9-10H2,1-2H3,(H,24,28)(H2,25,26,29,30). The van der Waals surface area contributed by atoms with Gasteiger partial charge in [0.15, 0.2) is 5.11 Å². The van der Waals surface area contributed by atoms with Gasteiger partial charge < -0.3 is 15.5 Å². The van der Waals surface area contributed by atoms with Gasteiger partial charge in [0.2, 0.25) is 0 Å². The number of nitrogens with one attached hydrogen (secondary N) is 3. The van der Waals surface area contributed by atoms with Gasteiger partial charge in [-0.1, -0.05) is 37.0 Å². The van der Waals surface area contributed by atoms with Gasteiger partial charge in [-0.2, -0.15) is 0 Å². The highest BCUT2D eigenvalue weighted by molar-refractivity contribution is 7.80. The van der Waals surface area contributed by atoms with Crippen LogP contribution < -0.4 is 16.0 Å². The van der Waals surface area contributed by atoms with Gasteiger partial charge in [0.05, 0.1) is 0 Å². The number of rotatable bonds is 8. The maximum Gasteiger partial charge on any atom is 0.257 e. The molecule has 0 aliphatic carbocycles. The van der Waals surface area contributed by atoms with Crippen LogP contribution >= 0.6 is 35.4 Å². The normalized spacial score (nSPS) is 10.6. The van der Waals surface area contributed by atoms with Crippen molar-refractivity contribution in [2.45, 2.75) is 13.8 Å². The third-order valence-electron chi connectivity index (χ3n) is 4.36. The summed E-state index contributed by atoms with van der Waals surface area (Å²) in [4.78, 5) is 26.7. The number of carbonyl (C=O) groups is 2. The molecule has 0 unspecified atom stereocenters. The molecule has 3 N–H and O–H groups in total. The van der Waals surface area contributed by atoms with Gasteiger partial charge >= 0.3 is 0 Å². The first-order valence-electron chi connectivity index (χ1n) is 9.51. The van der Waals surface area contributed by atoms with Crippen molar-refractivity contribution >= 4 is 58.0 Å². The molecule has 0 aliphatic rings. The molecule has 0 bridgehead atoms. The van der Waals surface area contributed by atoms with Crippen LogP contribution in [0.5, 0.6) is 0 Å². The van der Waals surface area contributed by atoms with Crippen LogP contribution in [0.15, 0.2) is 42.5 Å². The summed E-state index contributed by atoms with van der Waals surface area (Å²) in [5, 5.41) is 9.21. The molecule has 0 fully saturated rings. The summed E-state index contributed by atoms with van der Waals surface area (Å²) in [5.41, 5.74) is 1.49. The van der Waals surface area contributed by atoms with Gasteiger partial charge in [0.1, 0.15) is 0 Å². The Bertz CT molecular complexity index is 882. The van der Waals surface area contributed by atoms with E-state index in [0.717, 1.165) is 19.6 Å². The van der Waals surface area contributed by atoms with Crippen LogP contribution in [0.1, 0.15) is 34.6 Å². The molecule has 0 radical (unpaired) electrons. The lowest BCUT2D eigenvalue weighted by Gasteiger charge is -2.18. The fraction of sp³-hybridized carbons (Fsp3) is 0.286. The summed E-state index contributed by atoms with van der Waals surface area (Å²) in [6.45, 7) is 7.48. The fourth-order valence-electron chi connectivity index (χ4n) is 2.70. The van der Waals surface area contributed by atoms with Crippen LogP contribution in [0.4, 0.5) is 5.69 Å². The molecule has 0 saturated carbocycles. The lowest BCUT2D eigenvalue weighted by Crippen LogP contribution is -2.35. The maximum absolute atomic E-state index is 12.3. The van der Waals surface area contributed by atoms with Crippen molar-refractivity contribution in [3.63, 3.8) is 0 Å². The Labute approximate surface area is 191 Å². The van der Waals surface area contributed by atoms with Crippen LogP contribution in [0.25, 0.3) is 0 Å². The first-order chi connectivity index (χ1) is 14.3. The van der Waals surface area contributed by atoms with Gasteiger partial charge in [-0.15, -0.1) is 0 Å². The van der Waals surface area contributed by atoms with E-state index in [2.05, 4.69) is 34.7 Å². The topological polar surface area (TPSA) is 73.5 Å². The molecule has 0 aliphatic heterocycles. The average Bonchev–Trinajstić information content (AvgIpc) is 2.70. The molecule has 30 heavy (non-hydrogen) atoms. The first kappa shape index (κ1) is 24.1. The number of nitrogens with zero attached hydrogens (tertiary/aromatic N) is 1. The molecule has 0 aromatic heterocycles. The van der Waals surface area contributed by atoms with E-state index in [0.29, 0.717) is 33.4 Å². The number of likely N-dealkylation sites (N-methyl/N-ethyl adjacent to an activating group) is 1. The van der Waals surface area contributed by atoms with Crippen molar-refractivity contribution in [1.29, 1.82) is 0 Å². The smallest absolute Gasteiger partial charge is 0.257 e. The zero-order chi connectivity index (χ0) is 22.1. The predicted octanol–water partition coefficient (Wildman–Crippen LogP) is 4.19. The highest BCUT2D eigenvalue weighted by Gasteiger charge is 2.11. The summed E-state index contributed by atoms with van der Waals surface area (Å²) in [5.74, 6) is -0.566. The van der Waals surface area contributed by atoms with Crippen LogP contribution in [0, 0.1) is 0 Å². The molecular formula is C21H24Cl2N4O2S. The molecule has 0 spiro atoms. The highest BCUT2D eigenvalue weighted by Crippen LogP contribution is 2.19. The second-order valence-electron chi connectivity index (χ2n) is 6.43. The number of halogens is 2. The van der Waals surface area contributed by atoms with Crippen molar-refractivity contribution in [2.75, 3.05) is 31.5 Å². The minimum atomic E-state index is -0.430. The van der Waals surface area contributed by atoms with E-state index in [1.54, 1.807) is 24.3 Å². The number of benzene rings is 2. The van der Waals surface area contributed by atoms with Gasteiger partial charge in [-0.3, -0.25) is 14.9 Å². The number of thiocarbonyl (C=S) groups is 1. The molecule has 2 aromatic carbocycles. The molecule has 2 aromatic rings. The minimum Gasteiger partial charge on any atom is -0.351 e. The van der Waals surface area contributed by atoms with Crippen molar-refractivity contribution < 1.29 is 9.59 Å². The van der Waals surface area contributed by atoms with E-state index >= 15 is 0 Å². The van der Waals surface area contributed by atoms with Crippen molar-refractivity contribution in [1.82, 2.24) is 15.5 Å². The number of hydrogen-bond acceptors (Lipinski definition) is 4. The molecule has 9 heteroatoms. The Balaban J connectivity index is 1.86. The number of anilines is 1. The number of hydrogen-bond donors (Lipinski definition) is 3. The summed E-state index contributed by atoms with van der Waals surface area (Å²) < 4.78 is 0. The molecule has 0 atom stereocenters. The van der Waals surface area contributed by atoms with E-state index in [9.17, 15) is 9.59 Å². The van der Waals surface area contributed by atoms with E-state index in [1.165, 1.54) is 18.2 Å². The molecule has 0 saturated heterocycles. The summed E-state index contributed by atoms with van der Waals surface area (Å²) in [7, 11) is 0. The summed E-state index contributed by atoms with van der Waals surface area (Å²) in [6, 6.07) is 11.4. The zero-order valence-corrected chi connectivity index (χ0v) is 19.1. The van der Waals surface area contributed by atoms with E-state index in [1.807, 2.05) is 0 Å². The Hall–Kier alpha value is -2.19. The molecule has 2 rings (SSSR count). The fourth-order valence-corrected chi connectivity index (χ4v) is 3.43. The second kappa shape index (κ2) is 11.9. The number of carbonyl (C=O) groups excluding carboxylic acids is 2. The van der Waals surface area contributed by atoms with Crippen molar-refractivity contribution in [2.24, 2.45) is 0 Å². The van der Waals surface area contributed by atoms with Crippen LogP contribution in [0.3, 0.4) is 0 Å². The Morgan fingerprint density at radius 2 is 1.53 bits per heavy atom. The third-order valence-corrected chi connectivity index (χ3v) is 5.01. The Kier molecular flexibility index (Phi) is 9.52. The van der Waals surface area contributed by atoms with E-state index in [4.69, 9.17) is 35.4 Å². The van der Waals surface area contributed by atoms with Gasteiger partial charge in [0.25, 0.3) is 11.8 Å². The lowest BCUT2D eigenvalue weighted by molar-refractivity contribution is 0.0947. The zero-order valence-electron chi connectivity index (χ0n) is 16.8. The van der Waals surface area contributed by atoms with Gasteiger partial charge in [0, 0.05) is 39.9 Å². The lowest BCUT2D eigenvalue weighted by atomic mass is 10.2. The minimum absolute atomic E-state index is 0.118. The van der Waals surface area contributed by atoms with E-state index in [-0.39, 0.29) is 11.0 Å². The molecular weight excluding hydrogens is 443 g/mol. The summed E-state index contributed by atoms with van der Waals surface area (Å²) >= 11 is 17.0. The average molecular weight is 467 g/mol. The number of amides is 2. The summed E-state index contributed by atoms with van der Waals surface area (Å²) in [6.07, 6.45) is 0. The Morgan fingerprint density at radius 3 is 2.10 bits per heavy atom. The second-order valence-corrected chi connectivity index (χ2v) is 7.71. The quantitative estimate of drug-likeness (QED) is 0.508. The van der Waals surface area contributed by atoms with Crippen molar-refractivity contribution in [3.8, 4) is 0 Å². The monoisotopic (exact) mass is 466 g/mol. The SMILES string of the molecule is CCN(CC)CCNC(=O)c1ccc(NC(=S)NC(=O)c2cc(Cl)cc(Cl)c2)cc1.